The third-order valence-electron chi connectivity index (χ3n) is 6.50. The number of carbonyl (C=O) groups is 3. The molecule has 4 N–H and O–H groups in total. The van der Waals surface area contributed by atoms with Crippen molar-refractivity contribution in [2.45, 2.75) is 25.4 Å². The Morgan fingerprint density at radius 3 is 2.66 bits per heavy atom. The predicted octanol–water partition coefficient (Wildman–Crippen LogP) is 2.69. The molecule has 1 saturated heterocycles. The number of hydrogen-bond acceptors (Lipinski definition) is 7. The summed E-state index contributed by atoms with van der Waals surface area (Å²) in [5.74, 6) is -2.82. The predicted molar refractivity (Wildman–Crippen MR) is 145 cm³/mol. The molecule has 1 atom stereocenters. The van der Waals surface area contributed by atoms with Gasteiger partial charge in [0.05, 0.1) is 12.6 Å². The van der Waals surface area contributed by atoms with Crippen LogP contribution in [0.25, 0.3) is 10.8 Å². The van der Waals surface area contributed by atoms with Crippen molar-refractivity contribution < 1.29 is 32.3 Å². The Balaban J connectivity index is 1.31. The summed E-state index contributed by atoms with van der Waals surface area (Å²) in [4.78, 5) is 43.5. The van der Waals surface area contributed by atoms with Crippen LogP contribution in [0.15, 0.2) is 48.7 Å². The van der Waals surface area contributed by atoms with Crippen molar-refractivity contribution in [1.29, 1.82) is 0 Å². The third-order valence-corrected chi connectivity index (χ3v) is 6.50. The zero-order valence-corrected chi connectivity index (χ0v) is 22.2. The van der Waals surface area contributed by atoms with Gasteiger partial charge in [0.25, 0.3) is 0 Å². The van der Waals surface area contributed by atoms with Crippen molar-refractivity contribution in [3.8, 4) is 0 Å². The highest BCUT2D eigenvalue weighted by Crippen LogP contribution is 2.18. The number of anilines is 1. The monoisotopic (exact) mass is 572 g/mol. The Hall–Kier alpha value is -4.23. The van der Waals surface area contributed by atoms with Crippen molar-refractivity contribution in [1.82, 2.24) is 25.8 Å². The summed E-state index contributed by atoms with van der Waals surface area (Å²) in [5.41, 5.74) is 0.0704. The van der Waals surface area contributed by atoms with Gasteiger partial charge in [-0.05, 0) is 42.1 Å². The molecule has 1 fully saturated rings. The number of piperazine rings is 1. The van der Waals surface area contributed by atoms with E-state index < -0.39 is 35.5 Å². The number of nitrogens with zero attached hydrogens (tertiary/aromatic N) is 2. The van der Waals surface area contributed by atoms with E-state index in [-0.39, 0.29) is 49.8 Å². The molecule has 0 bridgehead atoms. The molecule has 218 valence electrons. The maximum absolute atomic E-state index is 13.9. The van der Waals surface area contributed by atoms with Crippen LogP contribution in [0.2, 0.25) is 0 Å². The molecule has 10 nitrogen and oxygen atoms in total. The van der Waals surface area contributed by atoms with E-state index >= 15 is 0 Å². The Morgan fingerprint density at radius 1 is 1.05 bits per heavy atom. The van der Waals surface area contributed by atoms with E-state index in [9.17, 15) is 27.6 Å². The number of benzene rings is 2. The van der Waals surface area contributed by atoms with Crippen molar-refractivity contribution in [3.05, 3.63) is 71.7 Å². The van der Waals surface area contributed by atoms with Crippen LogP contribution in [0.1, 0.15) is 18.4 Å². The number of carbonyl (C=O) groups excluding carboxylic acids is 3. The normalized spacial score (nSPS) is 14.0. The first-order chi connectivity index (χ1) is 19.8. The van der Waals surface area contributed by atoms with Gasteiger partial charge in [0.1, 0.15) is 18.2 Å². The Morgan fingerprint density at radius 2 is 1.85 bits per heavy atom. The van der Waals surface area contributed by atoms with Gasteiger partial charge < -0.3 is 25.6 Å². The second-order valence-corrected chi connectivity index (χ2v) is 9.53. The van der Waals surface area contributed by atoms with Gasteiger partial charge in [-0.25, -0.2) is 22.9 Å². The maximum atomic E-state index is 13.9. The Bertz CT molecular complexity index is 1390. The number of aromatic nitrogens is 1. The molecule has 0 aliphatic carbocycles. The number of ether oxygens (including phenoxy) is 1. The second-order valence-electron chi connectivity index (χ2n) is 9.53. The van der Waals surface area contributed by atoms with Gasteiger partial charge in [0.15, 0.2) is 11.6 Å². The zero-order chi connectivity index (χ0) is 29.2. The lowest BCUT2D eigenvalue weighted by molar-refractivity contribution is -0.132. The fourth-order valence-corrected chi connectivity index (χ4v) is 4.34. The van der Waals surface area contributed by atoms with Gasteiger partial charge in [-0.15, -0.1) is 0 Å². The van der Waals surface area contributed by atoms with Crippen molar-refractivity contribution in [3.63, 3.8) is 0 Å². The summed E-state index contributed by atoms with van der Waals surface area (Å²) in [6.45, 7) is 2.01. The largest absolute Gasteiger partial charge is 0.447 e. The lowest BCUT2D eigenvalue weighted by Crippen LogP contribution is -2.47. The van der Waals surface area contributed by atoms with Gasteiger partial charge in [-0.3, -0.25) is 14.9 Å². The van der Waals surface area contributed by atoms with E-state index in [1.165, 1.54) is 36.5 Å². The molecule has 1 aromatic heterocycles. The minimum Gasteiger partial charge on any atom is -0.447 e. The molecule has 1 aliphatic rings. The molecule has 2 aromatic carbocycles. The van der Waals surface area contributed by atoms with Crippen LogP contribution < -0.4 is 21.3 Å². The minimum absolute atomic E-state index is 0.0704. The molecule has 0 saturated carbocycles. The van der Waals surface area contributed by atoms with Crippen LogP contribution >= 0.6 is 0 Å². The van der Waals surface area contributed by atoms with Gasteiger partial charge in [0, 0.05) is 56.3 Å². The lowest BCUT2D eigenvalue weighted by atomic mass is 10.1. The molecule has 3 amide bonds. The van der Waals surface area contributed by atoms with Gasteiger partial charge >= 0.3 is 6.09 Å². The molecule has 41 heavy (non-hydrogen) atoms. The number of pyridine rings is 1. The van der Waals surface area contributed by atoms with Gasteiger partial charge in [-0.1, -0.05) is 12.1 Å². The molecular formula is C28H31F3N6O4. The van der Waals surface area contributed by atoms with Crippen LogP contribution in [0.5, 0.6) is 0 Å². The summed E-state index contributed by atoms with van der Waals surface area (Å²) in [5, 5.41) is 12.4. The number of amides is 3. The van der Waals surface area contributed by atoms with E-state index in [2.05, 4.69) is 26.3 Å². The summed E-state index contributed by atoms with van der Waals surface area (Å²) in [6, 6.07) is 8.76. The molecule has 0 spiro atoms. The highest BCUT2D eigenvalue weighted by atomic mass is 19.2. The number of hydrogen-bond donors (Lipinski definition) is 4. The SMILES string of the molecule is O=C(CNCc1cccc(F)c1F)N[C@@H](CCC(=O)N1CCNCC1)COC(=O)Nc1cc2cc(F)ccc2cn1. The Kier molecular flexibility index (Phi) is 10.5. The second kappa shape index (κ2) is 14.4. The Labute approximate surface area is 234 Å². The minimum atomic E-state index is -0.991. The van der Waals surface area contributed by atoms with E-state index in [1.54, 1.807) is 11.0 Å². The highest BCUT2D eigenvalue weighted by molar-refractivity contribution is 5.89. The summed E-state index contributed by atoms with van der Waals surface area (Å²) in [7, 11) is 0. The van der Waals surface area contributed by atoms with Crippen LogP contribution in [-0.2, 0) is 20.9 Å². The first kappa shape index (κ1) is 29.7. The van der Waals surface area contributed by atoms with Crippen molar-refractivity contribution in [2.75, 3.05) is 44.6 Å². The zero-order valence-electron chi connectivity index (χ0n) is 22.2. The summed E-state index contributed by atoms with van der Waals surface area (Å²) < 4.78 is 46.1. The van der Waals surface area contributed by atoms with E-state index in [1.807, 2.05) is 0 Å². The first-order valence-electron chi connectivity index (χ1n) is 13.2. The van der Waals surface area contributed by atoms with Crippen LogP contribution in [-0.4, -0.2) is 73.2 Å². The number of rotatable bonds is 11. The van der Waals surface area contributed by atoms with Gasteiger partial charge in [0.2, 0.25) is 11.8 Å². The molecule has 0 unspecified atom stereocenters. The molecule has 4 rings (SSSR count). The maximum Gasteiger partial charge on any atom is 0.412 e. The average Bonchev–Trinajstić information content (AvgIpc) is 2.96. The van der Waals surface area contributed by atoms with Crippen molar-refractivity contribution in [2.24, 2.45) is 0 Å². The quantitative estimate of drug-likeness (QED) is 0.279. The average molecular weight is 573 g/mol. The van der Waals surface area contributed by atoms with Crippen LogP contribution in [0.3, 0.4) is 0 Å². The topological polar surface area (TPSA) is 125 Å². The molecule has 3 aromatic rings. The molecule has 0 radical (unpaired) electrons. The summed E-state index contributed by atoms with van der Waals surface area (Å²) in [6.07, 6.45) is 0.960. The first-order valence-corrected chi connectivity index (χ1v) is 13.2. The number of nitrogens with one attached hydrogen (secondary N) is 4. The van der Waals surface area contributed by atoms with Crippen LogP contribution in [0, 0.1) is 17.5 Å². The highest BCUT2D eigenvalue weighted by Gasteiger charge is 2.21. The third kappa shape index (κ3) is 8.88. The molecular weight excluding hydrogens is 541 g/mol. The van der Waals surface area contributed by atoms with E-state index in [4.69, 9.17) is 4.74 Å². The van der Waals surface area contributed by atoms with Crippen molar-refractivity contribution >= 4 is 34.5 Å². The number of halogens is 3. The molecule has 13 heteroatoms. The standard InChI is InChI=1S/C28H31F3N6O4/c29-21-5-4-18-15-34-24(13-20(18)12-21)36-28(40)41-17-22(6-7-26(39)37-10-8-32-9-11-37)35-25(38)16-33-14-19-2-1-3-23(30)27(19)31/h1-5,12-13,15,22,32-33H,6-11,14,16-17H2,(H,35,38)(H,34,36,40)/t22-/m0/s1. The van der Waals surface area contributed by atoms with Crippen LogP contribution in [0.4, 0.5) is 23.8 Å². The molecule has 1 aliphatic heterocycles. The fourth-order valence-electron chi connectivity index (χ4n) is 4.34. The van der Waals surface area contributed by atoms with Gasteiger partial charge in [-0.2, -0.15) is 0 Å². The molecule has 2 heterocycles. The van der Waals surface area contributed by atoms with E-state index in [0.29, 0.717) is 37.0 Å². The number of fused-ring (bicyclic) bond motifs is 1. The fraction of sp³-hybridized carbons (Fsp3) is 0.357. The van der Waals surface area contributed by atoms with E-state index in [0.717, 1.165) is 6.07 Å². The smallest absolute Gasteiger partial charge is 0.412 e. The lowest BCUT2D eigenvalue weighted by Gasteiger charge is -2.28. The summed E-state index contributed by atoms with van der Waals surface area (Å²) >= 11 is 0.